The Labute approximate surface area is 119 Å². The minimum Gasteiger partial charge on any atom is -0.373 e. The van der Waals surface area contributed by atoms with Gasteiger partial charge in [-0.3, -0.25) is 10.1 Å². The number of nitro benzene ring substituents is 1. The number of nitrogens with one attached hydrogen (secondary N) is 1. The number of anilines is 1. The van der Waals surface area contributed by atoms with E-state index in [9.17, 15) is 14.5 Å². The van der Waals surface area contributed by atoms with E-state index in [2.05, 4.69) is 21.2 Å². The van der Waals surface area contributed by atoms with Crippen molar-refractivity contribution in [3.63, 3.8) is 0 Å². The van der Waals surface area contributed by atoms with Gasteiger partial charge >= 0.3 is 0 Å². The lowest BCUT2D eigenvalue weighted by atomic mass is 9.92. The maximum atomic E-state index is 13.6. The number of nitrogens with two attached hydrogens (primary N) is 1. The zero-order chi connectivity index (χ0) is 14.6. The molecule has 5 nitrogen and oxygen atoms in total. The van der Waals surface area contributed by atoms with Gasteiger partial charge in [0.25, 0.3) is 5.69 Å². The third-order valence-corrected chi connectivity index (χ3v) is 3.99. The summed E-state index contributed by atoms with van der Waals surface area (Å²) in [6.45, 7) is 4.18. The highest BCUT2D eigenvalue weighted by atomic mass is 79.9. The van der Waals surface area contributed by atoms with E-state index < -0.39 is 16.3 Å². The minimum absolute atomic E-state index is 0.0658. The first kappa shape index (κ1) is 15.8. The highest BCUT2D eigenvalue weighted by molar-refractivity contribution is 9.10. The number of nitrogens with zero attached hydrogens (tertiary/aromatic N) is 1. The lowest BCUT2D eigenvalue weighted by molar-refractivity contribution is -0.384. The zero-order valence-corrected chi connectivity index (χ0v) is 12.5. The van der Waals surface area contributed by atoms with Crippen molar-refractivity contribution >= 4 is 27.3 Å². The maximum Gasteiger partial charge on any atom is 0.293 e. The SMILES string of the molecule is CCC(CC)(CN)Nc1cc(F)c(Br)cc1[N+](=O)[O-]. The Kier molecular flexibility index (Phi) is 5.25. The van der Waals surface area contributed by atoms with Gasteiger partial charge in [0.1, 0.15) is 11.5 Å². The van der Waals surface area contributed by atoms with Crippen LogP contribution >= 0.6 is 15.9 Å². The van der Waals surface area contributed by atoms with Crippen LogP contribution in [-0.4, -0.2) is 17.0 Å². The van der Waals surface area contributed by atoms with Gasteiger partial charge < -0.3 is 11.1 Å². The predicted octanol–water partition coefficient (Wildman–Crippen LogP) is 3.43. The van der Waals surface area contributed by atoms with E-state index in [0.29, 0.717) is 19.4 Å². The van der Waals surface area contributed by atoms with Crippen LogP contribution in [0, 0.1) is 15.9 Å². The molecule has 0 amide bonds. The van der Waals surface area contributed by atoms with Crippen LogP contribution in [0.2, 0.25) is 0 Å². The third kappa shape index (κ3) is 3.42. The van der Waals surface area contributed by atoms with Crippen LogP contribution in [0.1, 0.15) is 26.7 Å². The molecule has 0 aromatic heterocycles. The summed E-state index contributed by atoms with van der Waals surface area (Å²) in [7, 11) is 0. The largest absolute Gasteiger partial charge is 0.373 e. The summed E-state index contributed by atoms with van der Waals surface area (Å²) in [5, 5.41) is 14.1. The second kappa shape index (κ2) is 6.29. The van der Waals surface area contributed by atoms with Gasteiger partial charge in [0, 0.05) is 24.2 Å². The fourth-order valence-electron chi connectivity index (χ4n) is 1.84. The first-order valence-corrected chi connectivity index (χ1v) is 6.80. The van der Waals surface area contributed by atoms with Crippen LogP contribution in [0.4, 0.5) is 15.8 Å². The van der Waals surface area contributed by atoms with Gasteiger partial charge in [-0.25, -0.2) is 4.39 Å². The number of halogens is 2. The lowest BCUT2D eigenvalue weighted by Crippen LogP contribution is -2.44. The molecule has 1 rings (SSSR count). The molecule has 0 saturated heterocycles. The van der Waals surface area contributed by atoms with Crippen LogP contribution in [0.25, 0.3) is 0 Å². The van der Waals surface area contributed by atoms with E-state index in [-0.39, 0.29) is 15.8 Å². The fourth-order valence-corrected chi connectivity index (χ4v) is 2.17. The number of rotatable bonds is 6. The number of nitro groups is 1. The molecule has 19 heavy (non-hydrogen) atoms. The van der Waals surface area contributed by atoms with E-state index in [1.165, 1.54) is 0 Å². The molecule has 7 heteroatoms. The molecule has 0 atom stereocenters. The van der Waals surface area contributed by atoms with E-state index in [4.69, 9.17) is 5.73 Å². The average molecular weight is 334 g/mol. The van der Waals surface area contributed by atoms with E-state index in [1.807, 2.05) is 13.8 Å². The first-order valence-electron chi connectivity index (χ1n) is 6.00. The molecule has 1 aromatic rings. The van der Waals surface area contributed by atoms with Crippen molar-refractivity contribution in [1.82, 2.24) is 0 Å². The molecule has 0 heterocycles. The van der Waals surface area contributed by atoms with E-state index in [1.54, 1.807) is 0 Å². The Hall–Kier alpha value is -1.21. The normalized spacial score (nSPS) is 11.4. The number of benzene rings is 1. The number of hydrogen-bond donors (Lipinski definition) is 2. The first-order chi connectivity index (χ1) is 8.89. The highest BCUT2D eigenvalue weighted by Crippen LogP contribution is 2.33. The van der Waals surface area contributed by atoms with E-state index >= 15 is 0 Å². The van der Waals surface area contributed by atoms with Crippen LogP contribution in [0.3, 0.4) is 0 Å². The maximum absolute atomic E-state index is 13.6. The summed E-state index contributed by atoms with van der Waals surface area (Å²) in [4.78, 5) is 10.5. The molecule has 0 aliphatic carbocycles. The van der Waals surface area contributed by atoms with Gasteiger partial charge in [-0.15, -0.1) is 0 Å². The van der Waals surface area contributed by atoms with Crippen molar-refractivity contribution in [3.05, 3.63) is 32.5 Å². The van der Waals surface area contributed by atoms with Crippen LogP contribution in [0.5, 0.6) is 0 Å². The van der Waals surface area contributed by atoms with Gasteiger partial charge in [0.15, 0.2) is 0 Å². The molecule has 0 aliphatic heterocycles. The monoisotopic (exact) mass is 333 g/mol. The highest BCUT2D eigenvalue weighted by Gasteiger charge is 2.28. The third-order valence-electron chi connectivity index (χ3n) is 3.38. The molecular formula is C12H17BrFN3O2. The predicted molar refractivity (Wildman–Crippen MR) is 76.7 cm³/mol. The summed E-state index contributed by atoms with van der Waals surface area (Å²) < 4.78 is 13.6. The standard InChI is InChI=1S/C12H17BrFN3O2/c1-3-12(4-2,7-15)16-10-6-9(14)8(13)5-11(10)17(18)19/h5-6,16H,3-4,7,15H2,1-2H3. The van der Waals surface area contributed by atoms with E-state index in [0.717, 1.165) is 12.1 Å². The average Bonchev–Trinajstić information content (AvgIpc) is 2.39. The molecular weight excluding hydrogens is 317 g/mol. The summed E-state index contributed by atoms with van der Waals surface area (Å²) in [6, 6.07) is 2.28. The molecule has 0 fully saturated rings. The molecule has 0 bridgehead atoms. The zero-order valence-electron chi connectivity index (χ0n) is 10.9. The van der Waals surface area contributed by atoms with Crippen molar-refractivity contribution < 1.29 is 9.31 Å². The fraction of sp³-hybridized carbons (Fsp3) is 0.500. The lowest BCUT2D eigenvalue weighted by Gasteiger charge is -2.32. The van der Waals surface area contributed by atoms with Gasteiger partial charge in [0.2, 0.25) is 0 Å². The van der Waals surface area contributed by atoms with Crippen LogP contribution < -0.4 is 11.1 Å². The molecule has 0 aliphatic rings. The second-order valence-electron chi connectivity index (χ2n) is 4.36. The summed E-state index contributed by atoms with van der Waals surface area (Å²) in [5.41, 5.74) is 5.25. The Morgan fingerprint density at radius 2 is 2.05 bits per heavy atom. The Bertz CT molecular complexity index is 470. The van der Waals surface area contributed by atoms with Crippen molar-refractivity contribution in [2.24, 2.45) is 5.73 Å². The Balaban J connectivity index is 3.26. The van der Waals surface area contributed by atoms with Gasteiger partial charge in [-0.2, -0.15) is 0 Å². The molecule has 106 valence electrons. The summed E-state index contributed by atoms with van der Waals surface area (Å²) in [5.74, 6) is -0.550. The summed E-state index contributed by atoms with van der Waals surface area (Å²) in [6.07, 6.45) is 1.38. The quantitative estimate of drug-likeness (QED) is 0.617. The van der Waals surface area contributed by atoms with Crippen molar-refractivity contribution in [2.45, 2.75) is 32.2 Å². The van der Waals surface area contributed by atoms with Crippen LogP contribution in [-0.2, 0) is 0 Å². The smallest absolute Gasteiger partial charge is 0.293 e. The molecule has 0 unspecified atom stereocenters. The summed E-state index contributed by atoms with van der Waals surface area (Å²) >= 11 is 2.95. The van der Waals surface area contributed by atoms with Crippen molar-refractivity contribution in [2.75, 3.05) is 11.9 Å². The van der Waals surface area contributed by atoms with Crippen molar-refractivity contribution in [3.8, 4) is 0 Å². The van der Waals surface area contributed by atoms with Crippen LogP contribution in [0.15, 0.2) is 16.6 Å². The Morgan fingerprint density at radius 3 is 2.47 bits per heavy atom. The molecule has 0 spiro atoms. The second-order valence-corrected chi connectivity index (χ2v) is 5.21. The van der Waals surface area contributed by atoms with Gasteiger partial charge in [0.05, 0.1) is 9.40 Å². The minimum atomic E-state index is -0.550. The number of hydrogen-bond acceptors (Lipinski definition) is 4. The molecule has 0 radical (unpaired) electrons. The Morgan fingerprint density at radius 1 is 1.47 bits per heavy atom. The van der Waals surface area contributed by atoms with Gasteiger partial charge in [-0.05, 0) is 28.8 Å². The van der Waals surface area contributed by atoms with Crippen molar-refractivity contribution in [1.29, 1.82) is 0 Å². The topological polar surface area (TPSA) is 81.2 Å². The van der Waals surface area contributed by atoms with Gasteiger partial charge in [-0.1, -0.05) is 13.8 Å². The molecule has 1 aromatic carbocycles. The molecule has 3 N–H and O–H groups in total. The molecule has 0 saturated carbocycles.